The van der Waals surface area contributed by atoms with Crippen LogP contribution in [0.4, 0.5) is 0 Å². The van der Waals surface area contributed by atoms with E-state index in [1.54, 1.807) is 103 Å². The largest absolute Gasteiger partial charge is 0.508 e. The molecule has 0 saturated heterocycles. The molecule has 0 unspecified atom stereocenters. The van der Waals surface area contributed by atoms with Gasteiger partial charge in [0.25, 0.3) is 0 Å². The van der Waals surface area contributed by atoms with E-state index in [1.165, 1.54) is 12.1 Å². The van der Waals surface area contributed by atoms with Gasteiger partial charge in [-0.15, -0.1) is 0 Å². The molecule has 2 aliphatic heterocycles. The van der Waals surface area contributed by atoms with Gasteiger partial charge < -0.3 is 45.2 Å². The van der Waals surface area contributed by atoms with Crippen LogP contribution in [0, 0.1) is 0 Å². The predicted octanol–water partition coefficient (Wildman–Crippen LogP) is 8.33. The molecule has 254 valence electrons. The quantitative estimate of drug-likeness (QED) is 0.0858. The van der Waals surface area contributed by atoms with Crippen molar-refractivity contribution in [1.29, 1.82) is 0 Å². The highest BCUT2D eigenvalue weighted by Gasteiger charge is 2.46. The van der Waals surface area contributed by atoms with Gasteiger partial charge in [-0.05, 0) is 94.0 Å². The summed E-state index contributed by atoms with van der Waals surface area (Å²) in [5, 5.41) is 73.4. The van der Waals surface area contributed by atoms with E-state index in [9.17, 15) is 35.7 Å². The van der Waals surface area contributed by atoms with Gasteiger partial charge in [-0.3, -0.25) is 0 Å². The fraction of sp³-hybridized carbons (Fsp3) is 0.0952. The Hall–Kier alpha value is -6.74. The van der Waals surface area contributed by atoms with E-state index < -0.39 is 24.0 Å². The third-order valence-electron chi connectivity index (χ3n) is 9.46. The van der Waals surface area contributed by atoms with Gasteiger partial charge in [0.15, 0.2) is 0 Å². The second-order valence-corrected chi connectivity index (χ2v) is 12.8. The third kappa shape index (κ3) is 5.84. The van der Waals surface area contributed by atoms with Crippen LogP contribution in [0.15, 0.2) is 115 Å². The number of benzene rings is 6. The Morgan fingerprint density at radius 2 is 0.863 bits per heavy atom. The Labute approximate surface area is 292 Å². The first-order valence-corrected chi connectivity index (χ1v) is 16.3. The van der Waals surface area contributed by atoms with E-state index in [1.807, 2.05) is 12.2 Å². The van der Waals surface area contributed by atoms with Crippen molar-refractivity contribution in [3.8, 4) is 51.7 Å². The van der Waals surface area contributed by atoms with Gasteiger partial charge in [-0.2, -0.15) is 0 Å². The van der Waals surface area contributed by atoms with Gasteiger partial charge in [0.2, 0.25) is 0 Å². The van der Waals surface area contributed by atoms with Crippen molar-refractivity contribution in [3.63, 3.8) is 0 Å². The van der Waals surface area contributed by atoms with Crippen LogP contribution in [0.2, 0.25) is 0 Å². The summed E-state index contributed by atoms with van der Waals surface area (Å²) < 4.78 is 13.3. The highest BCUT2D eigenvalue weighted by atomic mass is 16.5. The molecule has 0 aliphatic carbocycles. The average Bonchev–Trinajstić information content (AvgIpc) is 3.67. The number of hydrogen-bond acceptors (Lipinski definition) is 9. The van der Waals surface area contributed by atoms with Gasteiger partial charge in [0, 0.05) is 29.3 Å². The molecule has 7 N–H and O–H groups in total. The molecule has 51 heavy (non-hydrogen) atoms. The SMILES string of the molecule is Oc1ccc(/C=C/c2cc(O)cc3c2[C@@H](c2cc(O)cc4c2[C@H](c2cc(O)cc(O)c2)[C@H](c2ccc(O)cc2)O4)[C@H](c2ccc(O)cc2)O3)cc1. The first-order valence-electron chi connectivity index (χ1n) is 16.3. The predicted molar refractivity (Wildman–Crippen MR) is 190 cm³/mol. The number of phenolic OH excluding ortho intramolecular Hbond substituents is 7. The maximum absolute atomic E-state index is 11.3. The zero-order valence-electron chi connectivity index (χ0n) is 26.9. The number of fused-ring (bicyclic) bond motifs is 2. The van der Waals surface area contributed by atoms with Crippen LogP contribution < -0.4 is 9.47 Å². The topological polar surface area (TPSA) is 160 Å². The lowest BCUT2D eigenvalue weighted by Crippen LogP contribution is -2.16. The van der Waals surface area contributed by atoms with Gasteiger partial charge in [-0.1, -0.05) is 48.6 Å². The van der Waals surface area contributed by atoms with Crippen molar-refractivity contribution >= 4 is 12.2 Å². The maximum atomic E-state index is 11.3. The monoisotopic (exact) mass is 680 g/mol. The Balaban J connectivity index is 1.37. The molecule has 8 rings (SSSR count). The van der Waals surface area contributed by atoms with Crippen LogP contribution in [0.25, 0.3) is 12.2 Å². The summed E-state index contributed by atoms with van der Waals surface area (Å²) in [7, 11) is 0. The van der Waals surface area contributed by atoms with Crippen molar-refractivity contribution in [1.82, 2.24) is 0 Å². The molecular weight excluding hydrogens is 648 g/mol. The summed E-state index contributed by atoms with van der Waals surface area (Å²) in [6.45, 7) is 0. The molecule has 9 nitrogen and oxygen atoms in total. The number of rotatable bonds is 6. The summed E-state index contributed by atoms with van der Waals surface area (Å²) >= 11 is 0. The maximum Gasteiger partial charge on any atom is 0.135 e. The normalized spacial score (nSPS) is 19.0. The van der Waals surface area contributed by atoms with Gasteiger partial charge in [0.05, 0.1) is 11.8 Å². The molecule has 9 heteroatoms. The first-order chi connectivity index (χ1) is 24.6. The molecule has 0 fully saturated rings. The summed E-state index contributed by atoms with van der Waals surface area (Å²) in [6.07, 6.45) is 2.32. The van der Waals surface area contributed by atoms with E-state index >= 15 is 0 Å². The van der Waals surface area contributed by atoms with Crippen molar-refractivity contribution in [2.24, 2.45) is 0 Å². The standard InChI is InChI=1S/C42H32O9/c43-27-9-2-22(3-10-27)1-4-25-15-32(48)20-35-37(25)40(42(50-35)24-7-13-29(45)14-8-24)34-19-33(49)21-36-39(34)38(26-16-30(46)18-31(47)17-26)41(51-36)23-5-11-28(44)12-6-23/h1-21,38,40-49H/b4-1+/t38-,40+,41-,42-/m0/s1. The van der Waals surface area contributed by atoms with E-state index in [-0.39, 0.29) is 40.2 Å². The van der Waals surface area contributed by atoms with Crippen molar-refractivity contribution in [2.75, 3.05) is 0 Å². The molecule has 0 aromatic heterocycles. The highest BCUT2D eigenvalue weighted by Crippen LogP contribution is 2.59. The summed E-state index contributed by atoms with van der Waals surface area (Å²) in [5.74, 6) is -0.504. The second kappa shape index (κ2) is 12.3. The van der Waals surface area contributed by atoms with E-state index in [0.29, 0.717) is 39.3 Å². The molecule has 0 bridgehead atoms. The highest BCUT2D eigenvalue weighted by molar-refractivity contribution is 5.76. The lowest BCUT2D eigenvalue weighted by Gasteiger charge is -2.26. The van der Waals surface area contributed by atoms with Crippen LogP contribution in [-0.2, 0) is 0 Å². The first kappa shape index (κ1) is 31.5. The van der Waals surface area contributed by atoms with E-state index in [4.69, 9.17) is 9.47 Å². The summed E-state index contributed by atoms with van der Waals surface area (Å²) in [4.78, 5) is 0. The van der Waals surface area contributed by atoms with Gasteiger partial charge >= 0.3 is 0 Å². The minimum Gasteiger partial charge on any atom is -0.508 e. The summed E-state index contributed by atoms with van der Waals surface area (Å²) in [5.41, 5.74) is 5.48. The lowest BCUT2D eigenvalue weighted by atomic mass is 9.75. The Kier molecular flexibility index (Phi) is 7.60. The molecule has 2 aliphatic rings. The van der Waals surface area contributed by atoms with Crippen LogP contribution in [0.5, 0.6) is 51.7 Å². The molecule has 0 spiro atoms. The molecule has 0 saturated carbocycles. The van der Waals surface area contributed by atoms with Crippen molar-refractivity contribution in [2.45, 2.75) is 24.0 Å². The smallest absolute Gasteiger partial charge is 0.135 e. The van der Waals surface area contributed by atoms with Crippen molar-refractivity contribution < 1.29 is 45.2 Å². The van der Waals surface area contributed by atoms with Crippen LogP contribution in [0.3, 0.4) is 0 Å². The van der Waals surface area contributed by atoms with Gasteiger partial charge in [0.1, 0.15) is 64.0 Å². The second-order valence-electron chi connectivity index (χ2n) is 12.8. The third-order valence-corrected chi connectivity index (χ3v) is 9.46. The molecule has 6 aromatic rings. The molecule has 0 amide bonds. The van der Waals surface area contributed by atoms with Crippen LogP contribution in [-0.4, -0.2) is 35.7 Å². The van der Waals surface area contributed by atoms with E-state index in [2.05, 4.69) is 0 Å². The van der Waals surface area contributed by atoms with Gasteiger partial charge in [-0.25, -0.2) is 0 Å². The molecule has 0 radical (unpaired) electrons. The van der Waals surface area contributed by atoms with Crippen LogP contribution >= 0.6 is 0 Å². The molecular formula is C42H32O9. The number of phenols is 7. The Morgan fingerprint density at radius 1 is 0.392 bits per heavy atom. The zero-order valence-corrected chi connectivity index (χ0v) is 26.9. The minimum atomic E-state index is -0.694. The number of ether oxygens (including phenoxy) is 2. The van der Waals surface area contributed by atoms with Crippen LogP contribution in [0.1, 0.15) is 68.6 Å². The van der Waals surface area contributed by atoms with E-state index in [0.717, 1.165) is 16.7 Å². The Morgan fingerprint density at radius 3 is 1.43 bits per heavy atom. The van der Waals surface area contributed by atoms with Crippen molar-refractivity contribution in [3.05, 3.63) is 160 Å². The fourth-order valence-electron chi connectivity index (χ4n) is 7.31. The average molecular weight is 681 g/mol. The minimum absolute atomic E-state index is 0.0193. The molecule has 4 atom stereocenters. The molecule has 2 heterocycles. The zero-order chi connectivity index (χ0) is 35.4. The number of hydrogen-bond donors (Lipinski definition) is 7. The lowest BCUT2D eigenvalue weighted by molar-refractivity contribution is 0.219. The fourth-order valence-corrected chi connectivity index (χ4v) is 7.31. The summed E-state index contributed by atoms with van der Waals surface area (Å²) in [6, 6.07) is 30.7. The Bertz CT molecular complexity index is 2270. The number of aromatic hydroxyl groups is 7. The molecule has 6 aromatic carbocycles.